The number of nitrogens with zero attached hydrogens (tertiary/aromatic N) is 1. The molecule has 0 bridgehead atoms. The lowest BCUT2D eigenvalue weighted by Gasteiger charge is -2.10. The van der Waals surface area contributed by atoms with Gasteiger partial charge in [0.1, 0.15) is 0 Å². The zero-order valence-electron chi connectivity index (χ0n) is 9.42. The molecule has 1 aliphatic rings. The molecule has 1 heterocycles. The molecule has 2 rings (SSSR count). The lowest BCUT2D eigenvalue weighted by molar-refractivity contribution is 0.0787. The summed E-state index contributed by atoms with van der Waals surface area (Å²) in [4.78, 5) is 13.6. The summed E-state index contributed by atoms with van der Waals surface area (Å²) in [7, 11) is 0. The molecule has 0 N–H and O–H groups in total. The van der Waals surface area contributed by atoms with Crippen LogP contribution in [-0.4, -0.2) is 17.4 Å². The van der Waals surface area contributed by atoms with Gasteiger partial charge in [-0.25, -0.2) is 0 Å². The third-order valence-corrected chi connectivity index (χ3v) is 2.53. The maximum Gasteiger partial charge on any atom is 0.254 e. The van der Waals surface area contributed by atoms with Gasteiger partial charge in [0, 0.05) is 18.7 Å². The largest absolute Gasteiger partial charge is 0.335 e. The lowest BCUT2D eigenvalue weighted by Crippen LogP contribution is -2.22. The monoisotopic (exact) mass is 203 g/mol. The Balaban J connectivity index is 0.000000531. The second-order valence-electron chi connectivity index (χ2n) is 3.48. The molecule has 1 aromatic carbocycles. The van der Waals surface area contributed by atoms with Crippen LogP contribution in [0.25, 0.3) is 0 Å². The van der Waals surface area contributed by atoms with E-state index >= 15 is 0 Å². The van der Waals surface area contributed by atoms with Gasteiger partial charge < -0.3 is 4.90 Å². The Morgan fingerprint density at radius 2 is 2.07 bits per heavy atom. The standard InChI is InChI=1S/C11H13NO.C2H4/c1-3-12-7-9-5-4-8(2)6-10(9)11(12)13;1-2/h4-6H,3,7H2,1-2H3;1-2H2. The molecular weight excluding hydrogens is 186 g/mol. The van der Waals surface area contributed by atoms with Crippen LogP contribution in [-0.2, 0) is 6.54 Å². The number of hydrogen-bond donors (Lipinski definition) is 0. The molecular formula is C13H17NO. The minimum Gasteiger partial charge on any atom is -0.335 e. The van der Waals surface area contributed by atoms with Crippen molar-refractivity contribution in [3.63, 3.8) is 0 Å². The second kappa shape index (κ2) is 4.78. The molecule has 1 aliphatic heterocycles. The van der Waals surface area contributed by atoms with Crippen molar-refractivity contribution < 1.29 is 4.79 Å². The van der Waals surface area contributed by atoms with Gasteiger partial charge in [-0.3, -0.25) is 4.79 Å². The van der Waals surface area contributed by atoms with Crippen molar-refractivity contribution in [1.82, 2.24) is 4.90 Å². The molecule has 2 heteroatoms. The van der Waals surface area contributed by atoms with Gasteiger partial charge in [-0.1, -0.05) is 17.7 Å². The molecule has 80 valence electrons. The summed E-state index contributed by atoms with van der Waals surface area (Å²) in [6.45, 7) is 11.6. The van der Waals surface area contributed by atoms with E-state index in [2.05, 4.69) is 25.3 Å². The average Bonchev–Trinajstić information content (AvgIpc) is 2.59. The molecule has 1 aromatic rings. The normalized spacial score (nSPS) is 13.2. The summed E-state index contributed by atoms with van der Waals surface area (Å²) in [5.41, 5.74) is 3.21. The Morgan fingerprint density at radius 3 is 2.67 bits per heavy atom. The summed E-state index contributed by atoms with van der Waals surface area (Å²) in [5, 5.41) is 0. The van der Waals surface area contributed by atoms with Gasteiger partial charge in [0.05, 0.1) is 0 Å². The van der Waals surface area contributed by atoms with Crippen molar-refractivity contribution in [3.8, 4) is 0 Å². The number of carbonyl (C=O) groups excluding carboxylic acids is 1. The maximum atomic E-state index is 11.7. The van der Waals surface area contributed by atoms with Gasteiger partial charge in [-0.15, -0.1) is 13.2 Å². The topological polar surface area (TPSA) is 20.3 Å². The van der Waals surface area contributed by atoms with Crippen LogP contribution in [0.4, 0.5) is 0 Å². The fourth-order valence-corrected chi connectivity index (χ4v) is 1.73. The Morgan fingerprint density at radius 1 is 1.40 bits per heavy atom. The van der Waals surface area contributed by atoms with Crippen molar-refractivity contribution in [2.45, 2.75) is 20.4 Å². The number of fused-ring (bicyclic) bond motifs is 1. The highest BCUT2D eigenvalue weighted by Gasteiger charge is 2.25. The minimum absolute atomic E-state index is 0.182. The second-order valence-corrected chi connectivity index (χ2v) is 3.48. The lowest BCUT2D eigenvalue weighted by atomic mass is 10.1. The SMILES string of the molecule is C=C.CCN1Cc2ccc(C)cc2C1=O. The first-order chi connectivity index (χ1) is 7.22. The van der Waals surface area contributed by atoms with Crippen molar-refractivity contribution in [3.05, 3.63) is 48.0 Å². The van der Waals surface area contributed by atoms with E-state index in [1.165, 1.54) is 0 Å². The Bertz CT molecular complexity index is 371. The number of benzene rings is 1. The van der Waals surface area contributed by atoms with E-state index in [1.807, 2.05) is 24.8 Å². The number of rotatable bonds is 1. The third kappa shape index (κ3) is 2.09. The molecule has 0 saturated heterocycles. The van der Waals surface area contributed by atoms with Gasteiger partial charge >= 0.3 is 0 Å². The molecule has 0 fully saturated rings. The van der Waals surface area contributed by atoms with Gasteiger partial charge in [-0.2, -0.15) is 0 Å². The summed E-state index contributed by atoms with van der Waals surface area (Å²) in [5.74, 6) is 0.182. The summed E-state index contributed by atoms with van der Waals surface area (Å²) in [6.07, 6.45) is 0. The summed E-state index contributed by atoms with van der Waals surface area (Å²) < 4.78 is 0. The van der Waals surface area contributed by atoms with E-state index in [-0.39, 0.29) is 5.91 Å². The molecule has 0 saturated carbocycles. The molecule has 0 aromatic heterocycles. The average molecular weight is 203 g/mol. The predicted octanol–water partition coefficient (Wildman–Crippen LogP) is 2.77. The van der Waals surface area contributed by atoms with Crippen LogP contribution in [0.5, 0.6) is 0 Å². The van der Waals surface area contributed by atoms with Crippen molar-refractivity contribution >= 4 is 5.91 Å². The molecule has 15 heavy (non-hydrogen) atoms. The smallest absolute Gasteiger partial charge is 0.254 e. The van der Waals surface area contributed by atoms with Crippen molar-refractivity contribution in [2.75, 3.05) is 6.54 Å². The molecule has 0 unspecified atom stereocenters. The Kier molecular flexibility index (Phi) is 3.67. The van der Waals surface area contributed by atoms with Crippen LogP contribution in [0.1, 0.15) is 28.4 Å². The zero-order chi connectivity index (χ0) is 11.4. The van der Waals surface area contributed by atoms with Gasteiger partial charge in [0.25, 0.3) is 5.91 Å². The van der Waals surface area contributed by atoms with Gasteiger partial charge in [0.2, 0.25) is 0 Å². The number of hydrogen-bond acceptors (Lipinski definition) is 1. The summed E-state index contributed by atoms with van der Waals surface area (Å²) in [6, 6.07) is 6.09. The van der Waals surface area contributed by atoms with E-state index in [9.17, 15) is 4.79 Å². The maximum absolute atomic E-state index is 11.7. The first-order valence-corrected chi connectivity index (χ1v) is 5.11. The zero-order valence-corrected chi connectivity index (χ0v) is 9.42. The van der Waals surface area contributed by atoms with Crippen LogP contribution in [0, 0.1) is 6.92 Å². The van der Waals surface area contributed by atoms with E-state index in [0.717, 1.165) is 29.8 Å². The van der Waals surface area contributed by atoms with Crippen LogP contribution >= 0.6 is 0 Å². The van der Waals surface area contributed by atoms with Crippen LogP contribution in [0.3, 0.4) is 0 Å². The van der Waals surface area contributed by atoms with Gasteiger partial charge in [-0.05, 0) is 25.5 Å². The molecule has 1 amide bonds. The molecule has 0 aliphatic carbocycles. The van der Waals surface area contributed by atoms with E-state index < -0.39 is 0 Å². The highest BCUT2D eigenvalue weighted by Crippen LogP contribution is 2.22. The number of amides is 1. The van der Waals surface area contributed by atoms with Crippen LogP contribution in [0.2, 0.25) is 0 Å². The fourth-order valence-electron chi connectivity index (χ4n) is 1.73. The first kappa shape index (κ1) is 11.5. The first-order valence-electron chi connectivity index (χ1n) is 5.11. The predicted molar refractivity (Wildman–Crippen MR) is 62.8 cm³/mol. The van der Waals surface area contributed by atoms with E-state index in [1.54, 1.807) is 0 Å². The number of aryl methyl sites for hydroxylation is 1. The Hall–Kier alpha value is -1.57. The van der Waals surface area contributed by atoms with Crippen molar-refractivity contribution in [2.24, 2.45) is 0 Å². The van der Waals surface area contributed by atoms with Crippen molar-refractivity contribution in [1.29, 1.82) is 0 Å². The quantitative estimate of drug-likeness (QED) is 0.643. The van der Waals surface area contributed by atoms with E-state index in [0.29, 0.717) is 0 Å². The highest BCUT2D eigenvalue weighted by molar-refractivity contribution is 5.98. The Labute approximate surface area is 91.2 Å². The molecule has 0 radical (unpaired) electrons. The fraction of sp³-hybridized carbons (Fsp3) is 0.308. The third-order valence-electron chi connectivity index (χ3n) is 2.53. The molecule has 2 nitrogen and oxygen atoms in total. The molecule has 0 spiro atoms. The highest BCUT2D eigenvalue weighted by atomic mass is 16.2. The van der Waals surface area contributed by atoms with Gasteiger partial charge in [0.15, 0.2) is 0 Å². The minimum atomic E-state index is 0.182. The van der Waals surface area contributed by atoms with Crippen LogP contribution in [0.15, 0.2) is 31.4 Å². The summed E-state index contributed by atoms with van der Waals surface area (Å²) >= 11 is 0. The van der Waals surface area contributed by atoms with E-state index in [4.69, 9.17) is 0 Å². The van der Waals surface area contributed by atoms with Crippen LogP contribution < -0.4 is 0 Å². The number of carbonyl (C=O) groups is 1. The molecule has 0 atom stereocenters.